The Balaban J connectivity index is 2.09. The molecule has 0 aliphatic carbocycles. The molecule has 132 valence electrons. The van der Waals surface area contributed by atoms with E-state index in [9.17, 15) is 18.4 Å². The summed E-state index contributed by atoms with van der Waals surface area (Å²) < 4.78 is 32.3. The smallest absolute Gasteiger partial charge is 0.328 e. The molecule has 25 heavy (non-hydrogen) atoms. The van der Waals surface area contributed by atoms with Crippen molar-refractivity contribution in [1.82, 2.24) is 5.32 Å². The monoisotopic (exact) mass is 459 g/mol. The summed E-state index contributed by atoms with van der Waals surface area (Å²) in [6, 6.07) is 9.55. The van der Waals surface area contributed by atoms with E-state index in [1.54, 1.807) is 0 Å². The third kappa shape index (κ3) is 5.48. The molecule has 0 saturated carbocycles. The minimum absolute atomic E-state index is 0.0526. The van der Waals surface area contributed by atoms with Crippen LogP contribution < -0.4 is 5.32 Å². The molecule has 2 aromatic rings. The third-order valence-electron chi connectivity index (χ3n) is 3.57. The van der Waals surface area contributed by atoms with Crippen LogP contribution in [0.25, 0.3) is 0 Å². The fraction of sp³-hybridized carbons (Fsp3) is 0.222. The maximum atomic E-state index is 13.7. The van der Waals surface area contributed by atoms with Crippen molar-refractivity contribution >= 4 is 34.5 Å². The first-order valence-electron chi connectivity index (χ1n) is 7.45. The Labute approximate surface area is 157 Å². The number of hydrogen-bond acceptors (Lipinski definition) is 3. The topological polar surface area (TPSA) is 55.4 Å². The average molecular weight is 459 g/mol. The van der Waals surface area contributed by atoms with Crippen molar-refractivity contribution in [2.75, 3.05) is 7.11 Å². The van der Waals surface area contributed by atoms with Crippen LogP contribution in [-0.2, 0) is 27.2 Å². The van der Waals surface area contributed by atoms with Crippen LogP contribution in [0.5, 0.6) is 0 Å². The van der Waals surface area contributed by atoms with Gasteiger partial charge < -0.3 is 10.1 Å². The Morgan fingerprint density at radius 1 is 1.16 bits per heavy atom. The SMILES string of the molecule is COC(=O)[C@H](Cc1ccccc1I)NC(=O)Cc1ccc(F)cc1F. The highest BCUT2D eigenvalue weighted by Crippen LogP contribution is 2.15. The molecule has 0 unspecified atom stereocenters. The van der Waals surface area contributed by atoms with Gasteiger partial charge in [-0.3, -0.25) is 4.79 Å². The number of halogens is 3. The van der Waals surface area contributed by atoms with E-state index in [0.29, 0.717) is 6.07 Å². The molecule has 0 aliphatic rings. The first kappa shape index (κ1) is 19.3. The molecular formula is C18H16F2INO3. The lowest BCUT2D eigenvalue weighted by atomic mass is 10.1. The van der Waals surface area contributed by atoms with Crippen molar-refractivity contribution < 1.29 is 23.1 Å². The van der Waals surface area contributed by atoms with Crippen molar-refractivity contribution in [3.05, 3.63) is 68.8 Å². The highest BCUT2D eigenvalue weighted by molar-refractivity contribution is 14.1. The summed E-state index contributed by atoms with van der Waals surface area (Å²) >= 11 is 2.14. The molecule has 4 nitrogen and oxygen atoms in total. The number of rotatable bonds is 6. The van der Waals surface area contributed by atoms with Gasteiger partial charge in [-0.25, -0.2) is 13.6 Å². The Morgan fingerprint density at radius 2 is 1.88 bits per heavy atom. The zero-order chi connectivity index (χ0) is 18.4. The molecule has 1 amide bonds. The summed E-state index contributed by atoms with van der Waals surface area (Å²) in [6.07, 6.45) is -0.0467. The zero-order valence-electron chi connectivity index (χ0n) is 13.4. The second kappa shape index (κ2) is 8.89. The van der Waals surface area contributed by atoms with Gasteiger partial charge in [0.25, 0.3) is 0 Å². The van der Waals surface area contributed by atoms with E-state index in [4.69, 9.17) is 4.74 Å². The molecule has 0 saturated heterocycles. The Morgan fingerprint density at radius 3 is 2.52 bits per heavy atom. The standard InChI is InChI=1S/C18H16F2INO3/c1-25-18(24)16(8-12-4-2-3-5-15(12)21)22-17(23)9-11-6-7-13(19)10-14(11)20/h2-7,10,16H,8-9H2,1H3,(H,22,23)/t16-/m0/s1. The summed E-state index contributed by atoms with van der Waals surface area (Å²) in [6.45, 7) is 0. The second-order valence-electron chi connectivity index (χ2n) is 5.35. The number of carbonyl (C=O) groups excluding carboxylic acids is 2. The van der Waals surface area contributed by atoms with Crippen molar-refractivity contribution in [2.24, 2.45) is 0 Å². The molecule has 0 bridgehead atoms. The van der Waals surface area contributed by atoms with Gasteiger partial charge in [0.05, 0.1) is 13.5 Å². The average Bonchev–Trinajstić information content (AvgIpc) is 2.58. The largest absolute Gasteiger partial charge is 0.467 e. The van der Waals surface area contributed by atoms with E-state index < -0.39 is 29.6 Å². The highest BCUT2D eigenvalue weighted by Gasteiger charge is 2.23. The van der Waals surface area contributed by atoms with Gasteiger partial charge in [-0.15, -0.1) is 0 Å². The highest BCUT2D eigenvalue weighted by atomic mass is 127. The maximum Gasteiger partial charge on any atom is 0.328 e. The third-order valence-corrected chi connectivity index (χ3v) is 4.62. The van der Waals surface area contributed by atoms with Gasteiger partial charge in [-0.05, 0) is 45.9 Å². The lowest BCUT2D eigenvalue weighted by Crippen LogP contribution is -2.43. The summed E-state index contributed by atoms with van der Waals surface area (Å²) in [5, 5.41) is 2.56. The molecule has 0 spiro atoms. The number of methoxy groups -OCH3 is 1. The van der Waals surface area contributed by atoms with Crippen LogP contribution in [-0.4, -0.2) is 25.0 Å². The van der Waals surface area contributed by atoms with E-state index in [2.05, 4.69) is 27.9 Å². The molecule has 1 atom stereocenters. The second-order valence-corrected chi connectivity index (χ2v) is 6.51. The first-order valence-corrected chi connectivity index (χ1v) is 8.53. The first-order chi connectivity index (χ1) is 11.9. The Kier molecular flexibility index (Phi) is 6.86. The van der Waals surface area contributed by atoms with Crippen LogP contribution in [0.1, 0.15) is 11.1 Å². The van der Waals surface area contributed by atoms with Gasteiger partial charge in [-0.2, -0.15) is 0 Å². The molecule has 0 radical (unpaired) electrons. The van der Waals surface area contributed by atoms with E-state index >= 15 is 0 Å². The quantitative estimate of drug-likeness (QED) is 0.534. The van der Waals surface area contributed by atoms with Crippen LogP contribution in [0.4, 0.5) is 8.78 Å². The van der Waals surface area contributed by atoms with Gasteiger partial charge in [0.2, 0.25) is 5.91 Å². The molecule has 0 aromatic heterocycles. The van der Waals surface area contributed by atoms with Gasteiger partial charge in [0, 0.05) is 16.1 Å². The lowest BCUT2D eigenvalue weighted by Gasteiger charge is -2.17. The summed E-state index contributed by atoms with van der Waals surface area (Å²) in [5.74, 6) is -2.66. The molecule has 2 aromatic carbocycles. The summed E-state index contributed by atoms with van der Waals surface area (Å²) in [7, 11) is 1.23. The predicted molar refractivity (Wildman–Crippen MR) is 96.9 cm³/mol. The molecule has 2 rings (SSSR count). The van der Waals surface area contributed by atoms with Gasteiger partial charge >= 0.3 is 5.97 Å². The minimum Gasteiger partial charge on any atom is -0.467 e. The number of benzene rings is 2. The molecule has 7 heteroatoms. The number of hydrogen-bond donors (Lipinski definition) is 1. The number of nitrogens with one attached hydrogen (secondary N) is 1. The molecule has 1 N–H and O–H groups in total. The lowest BCUT2D eigenvalue weighted by molar-refractivity contribution is -0.145. The molecular weight excluding hydrogens is 443 g/mol. The summed E-state index contributed by atoms with van der Waals surface area (Å²) in [5.41, 5.74) is 0.934. The van der Waals surface area contributed by atoms with Crippen LogP contribution in [0.2, 0.25) is 0 Å². The predicted octanol–water partition coefficient (Wildman–Crippen LogP) is 3.01. The number of esters is 1. The van der Waals surface area contributed by atoms with Gasteiger partial charge in [0.15, 0.2) is 0 Å². The Hall–Kier alpha value is -2.03. The molecule has 0 fully saturated rings. The Bertz CT molecular complexity index is 783. The van der Waals surface area contributed by atoms with Crippen molar-refractivity contribution in [2.45, 2.75) is 18.9 Å². The van der Waals surface area contributed by atoms with E-state index in [1.165, 1.54) is 13.2 Å². The van der Waals surface area contributed by atoms with Gasteiger partial charge in [-0.1, -0.05) is 24.3 Å². The number of carbonyl (C=O) groups is 2. The van der Waals surface area contributed by atoms with Crippen molar-refractivity contribution in [1.29, 1.82) is 0 Å². The summed E-state index contributed by atoms with van der Waals surface area (Å²) in [4.78, 5) is 24.1. The number of ether oxygens (including phenoxy) is 1. The number of amides is 1. The minimum atomic E-state index is -0.892. The van der Waals surface area contributed by atoms with Gasteiger partial charge in [0.1, 0.15) is 17.7 Å². The normalized spacial score (nSPS) is 11.7. The van der Waals surface area contributed by atoms with E-state index in [1.807, 2.05) is 24.3 Å². The van der Waals surface area contributed by atoms with Crippen LogP contribution in [0, 0.1) is 15.2 Å². The van der Waals surface area contributed by atoms with E-state index in [-0.39, 0.29) is 18.4 Å². The fourth-order valence-corrected chi connectivity index (χ4v) is 2.91. The zero-order valence-corrected chi connectivity index (χ0v) is 15.5. The van der Waals surface area contributed by atoms with Crippen LogP contribution in [0.3, 0.4) is 0 Å². The van der Waals surface area contributed by atoms with Crippen molar-refractivity contribution in [3.8, 4) is 0 Å². The fourth-order valence-electron chi connectivity index (χ4n) is 2.30. The maximum absolute atomic E-state index is 13.7. The van der Waals surface area contributed by atoms with E-state index in [0.717, 1.165) is 15.2 Å². The van der Waals surface area contributed by atoms with Crippen LogP contribution in [0.15, 0.2) is 42.5 Å². The molecule has 0 heterocycles. The molecule has 0 aliphatic heterocycles. The van der Waals surface area contributed by atoms with Crippen molar-refractivity contribution in [3.63, 3.8) is 0 Å². The van der Waals surface area contributed by atoms with Crippen LogP contribution >= 0.6 is 22.6 Å².